The van der Waals surface area contributed by atoms with E-state index in [1.165, 1.54) is 6.07 Å². The van der Waals surface area contributed by atoms with Crippen LogP contribution in [0.4, 0.5) is 0 Å². The Morgan fingerprint density at radius 2 is 1.42 bits per heavy atom. The van der Waals surface area contributed by atoms with Crippen LogP contribution in [0.3, 0.4) is 0 Å². The first-order chi connectivity index (χ1) is 18.4. The molecule has 1 aromatic heterocycles. The predicted molar refractivity (Wildman–Crippen MR) is 163 cm³/mol. The molecule has 0 spiro atoms. The van der Waals surface area contributed by atoms with E-state index >= 15 is 0 Å². The second-order valence-corrected chi connectivity index (χ2v) is 11.0. The van der Waals surface area contributed by atoms with Crippen molar-refractivity contribution in [2.75, 3.05) is 0 Å². The van der Waals surface area contributed by atoms with Crippen LogP contribution in [-0.2, 0) is 0 Å². The largest absolute Gasteiger partial charge is 0.506 e. The van der Waals surface area contributed by atoms with Crippen molar-refractivity contribution in [3.63, 3.8) is 0 Å². The number of phenols is 1. The molecule has 38 heavy (non-hydrogen) atoms. The van der Waals surface area contributed by atoms with Crippen LogP contribution in [0.2, 0.25) is 0 Å². The van der Waals surface area contributed by atoms with Gasteiger partial charge in [0, 0.05) is 20.2 Å². The first-order valence-electron chi connectivity index (χ1n) is 11.6. The fourth-order valence-corrected chi connectivity index (χ4v) is 5.65. The van der Waals surface area contributed by atoms with Gasteiger partial charge in [-0.2, -0.15) is 5.10 Å². The monoisotopic (exact) mass is 691 g/mol. The Balaban J connectivity index is 1.63. The fraction of sp³-hybridized carbons (Fsp3) is 0. The summed E-state index contributed by atoms with van der Waals surface area (Å²) in [5.41, 5.74) is 8.40. The molecule has 0 radical (unpaired) electrons. The number of halogens is 3. The van der Waals surface area contributed by atoms with E-state index in [1.807, 2.05) is 60.7 Å². The zero-order chi connectivity index (χ0) is 26.6. The molecule has 0 aliphatic heterocycles. The van der Waals surface area contributed by atoms with Crippen molar-refractivity contribution in [3.05, 3.63) is 128 Å². The molecule has 0 bridgehead atoms. The number of hydrogen-bond donors (Lipinski definition) is 2. The Kier molecular flexibility index (Phi) is 7.93. The lowest BCUT2D eigenvalue weighted by atomic mass is 10.1. The molecule has 0 atom stereocenters. The molecule has 5 aromatic rings. The van der Waals surface area contributed by atoms with E-state index in [1.54, 1.807) is 12.3 Å². The molecular formula is C30H20Br3N3O2. The van der Waals surface area contributed by atoms with Gasteiger partial charge >= 0.3 is 0 Å². The van der Waals surface area contributed by atoms with Gasteiger partial charge in [0.2, 0.25) is 0 Å². The van der Waals surface area contributed by atoms with Gasteiger partial charge in [0.1, 0.15) is 5.75 Å². The molecule has 0 aliphatic carbocycles. The number of aromatic nitrogens is 1. The van der Waals surface area contributed by atoms with Gasteiger partial charge in [-0.3, -0.25) is 4.79 Å². The van der Waals surface area contributed by atoms with Gasteiger partial charge in [-0.1, -0.05) is 92.5 Å². The fourth-order valence-electron chi connectivity index (χ4n) is 4.16. The average Bonchev–Trinajstić information content (AvgIpc) is 3.31. The van der Waals surface area contributed by atoms with Crippen LogP contribution in [0.1, 0.15) is 15.9 Å². The number of hydrazone groups is 1. The van der Waals surface area contributed by atoms with Crippen molar-refractivity contribution >= 4 is 59.9 Å². The lowest BCUT2D eigenvalue weighted by Crippen LogP contribution is -2.18. The molecule has 0 saturated heterocycles. The van der Waals surface area contributed by atoms with Crippen LogP contribution in [0.15, 0.2) is 122 Å². The summed E-state index contributed by atoms with van der Waals surface area (Å²) in [5.74, 6) is -0.684. The molecule has 4 aromatic carbocycles. The van der Waals surface area contributed by atoms with E-state index in [0.29, 0.717) is 8.95 Å². The van der Waals surface area contributed by atoms with Crippen LogP contribution < -0.4 is 5.43 Å². The zero-order valence-corrected chi connectivity index (χ0v) is 24.5. The van der Waals surface area contributed by atoms with Crippen molar-refractivity contribution in [3.8, 4) is 34.0 Å². The van der Waals surface area contributed by atoms with Gasteiger partial charge < -0.3 is 9.67 Å². The number of nitrogens with one attached hydrogen (secondary N) is 1. The first kappa shape index (κ1) is 26.2. The van der Waals surface area contributed by atoms with Gasteiger partial charge in [-0.15, -0.1) is 0 Å². The Morgan fingerprint density at radius 1 is 0.789 bits per heavy atom. The van der Waals surface area contributed by atoms with E-state index in [9.17, 15) is 9.90 Å². The predicted octanol–water partition coefficient (Wildman–Crippen LogP) is 8.57. The van der Waals surface area contributed by atoms with E-state index in [0.717, 1.165) is 38.2 Å². The summed E-state index contributed by atoms with van der Waals surface area (Å²) in [5, 5.41) is 14.6. The molecule has 0 saturated carbocycles. The topological polar surface area (TPSA) is 66.6 Å². The molecule has 0 aliphatic rings. The summed E-state index contributed by atoms with van der Waals surface area (Å²) in [7, 11) is 0. The first-order valence-corrected chi connectivity index (χ1v) is 13.9. The van der Waals surface area contributed by atoms with Crippen molar-refractivity contribution in [1.29, 1.82) is 0 Å². The normalized spacial score (nSPS) is 11.1. The number of amides is 1. The molecule has 1 amide bonds. The highest BCUT2D eigenvalue weighted by atomic mass is 79.9. The second-order valence-electron chi connectivity index (χ2n) is 8.36. The summed E-state index contributed by atoms with van der Waals surface area (Å²) in [6.07, 6.45) is 1.63. The molecule has 5 nitrogen and oxygen atoms in total. The van der Waals surface area contributed by atoms with Gasteiger partial charge in [-0.25, -0.2) is 5.43 Å². The third kappa shape index (κ3) is 5.53. The van der Waals surface area contributed by atoms with E-state index < -0.39 is 5.91 Å². The lowest BCUT2D eigenvalue weighted by Gasteiger charge is -2.15. The molecule has 2 N–H and O–H groups in total. The van der Waals surface area contributed by atoms with Crippen molar-refractivity contribution < 1.29 is 9.90 Å². The number of nitrogens with zero attached hydrogens (tertiary/aromatic N) is 2. The highest BCUT2D eigenvalue weighted by molar-refractivity contribution is 9.11. The van der Waals surface area contributed by atoms with Gasteiger partial charge in [-0.05, 0) is 69.5 Å². The summed E-state index contributed by atoms with van der Waals surface area (Å²) < 4.78 is 4.24. The summed E-state index contributed by atoms with van der Waals surface area (Å²) in [6.45, 7) is 0. The number of hydrogen-bond acceptors (Lipinski definition) is 3. The van der Waals surface area contributed by atoms with E-state index in [-0.39, 0.29) is 11.3 Å². The van der Waals surface area contributed by atoms with Gasteiger partial charge in [0.25, 0.3) is 5.91 Å². The Labute approximate surface area is 245 Å². The molecule has 8 heteroatoms. The number of rotatable bonds is 6. The number of aromatic hydroxyl groups is 1. The van der Waals surface area contributed by atoms with E-state index in [2.05, 4.69) is 93.2 Å². The van der Waals surface area contributed by atoms with Crippen LogP contribution >= 0.6 is 47.8 Å². The van der Waals surface area contributed by atoms with Crippen LogP contribution in [0.5, 0.6) is 5.75 Å². The maximum absolute atomic E-state index is 12.8. The van der Waals surface area contributed by atoms with Gasteiger partial charge in [0.05, 0.1) is 27.6 Å². The lowest BCUT2D eigenvalue weighted by molar-refractivity contribution is 0.0952. The third-order valence-corrected chi connectivity index (χ3v) is 7.47. The number of carbonyl (C=O) groups is 1. The van der Waals surface area contributed by atoms with Crippen molar-refractivity contribution in [2.24, 2.45) is 5.10 Å². The molecule has 1 heterocycles. The molecular weight excluding hydrogens is 674 g/mol. The quantitative estimate of drug-likeness (QED) is 0.138. The molecule has 188 valence electrons. The van der Waals surface area contributed by atoms with Crippen LogP contribution in [0, 0.1) is 0 Å². The SMILES string of the molecule is O=C(NN=Cc1cc(-c2ccccc2)n(-c2ccc(Br)cc2)c1-c1ccccc1)c1cc(Br)cc(Br)c1O. The highest BCUT2D eigenvalue weighted by Crippen LogP contribution is 2.36. The van der Waals surface area contributed by atoms with Crippen LogP contribution in [0.25, 0.3) is 28.2 Å². The standard InChI is InChI=1S/C30H20Br3N3O2/c31-22-11-13-24(14-12-22)36-27(19-7-3-1-4-8-19)15-21(28(36)20-9-5-2-6-10-20)18-34-35-30(38)25-16-23(32)17-26(33)29(25)37/h1-18,37H,(H,35,38). The second kappa shape index (κ2) is 11.5. The maximum atomic E-state index is 12.8. The molecule has 0 unspecified atom stereocenters. The highest BCUT2D eigenvalue weighted by Gasteiger charge is 2.19. The average molecular weight is 694 g/mol. The Bertz CT molecular complexity index is 1630. The molecule has 0 fully saturated rings. The third-order valence-electron chi connectivity index (χ3n) is 5.87. The Morgan fingerprint density at radius 3 is 2.08 bits per heavy atom. The van der Waals surface area contributed by atoms with Crippen molar-refractivity contribution in [1.82, 2.24) is 9.99 Å². The minimum atomic E-state index is -0.530. The summed E-state index contributed by atoms with van der Waals surface area (Å²) in [6, 6.07) is 33.6. The minimum absolute atomic E-state index is 0.101. The number of phenolic OH excluding ortho intramolecular Hbond substituents is 1. The zero-order valence-electron chi connectivity index (χ0n) is 19.8. The minimum Gasteiger partial charge on any atom is -0.506 e. The van der Waals surface area contributed by atoms with Crippen LogP contribution in [-0.4, -0.2) is 21.8 Å². The smallest absolute Gasteiger partial charge is 0.275 e. The summed E-state index contributed by atoms with van der Waals surface area (Å²) >= 11 is 10.1. The van der Waals surface area contributed by atoms with Crippen molar-refractivity contribution in [2.45, 2.75) is 0 Å². The number of benzene rings is 4. The number of carbonyl (C=O) groups excluding carboxylic acids is 1. The van der Waals surface area contributed by atoms with E-state index in [4.69, 9.17) is 0 Å². The molecule has 5 rings (SSSR count). The Hall–Kier alpha value is -3.46. The summed E-state index contributed by atoms with van der Waals surface area (Å²) in [4.78, 5) is 12.8. The maximum Gasteiger partial charge on any atom is 0.275 e. The van der Waals surface area contributed by atoms with Gasteiger partial charge in [0.15, 0.2) is 0 Å².